The molecule has 2 heterocycles. The molecule has 7 heteroatoms. The second kappa shape index (κ2) is 13.1. The number of hydrogen-bond acceptors (Lipinski definition) is 5. The molecule has 1 saturated heterocycles. The summed E-state index contributed by atoms with van der Waals surface area (Å²) in [7, 11) is 0. The summed E-state index contributed by atoms with van der Waals surface area (Å²) in [6.07, 6.45) is 11.4. The Balaban J connectivity index is 1.30. The van der Waals surface area contributed by atoms with Crippen molar-refractivity contribution < 1.29 is 14.7 Å². The molecule has 7 nitrogen and oxygen atoms in total. The number of aromatic carboxylic acids is 1. The van der Waals surface area contributed by atoms with E-state index in [9.17, 15) is 14.7 Å². The van der Waals surface area contributed by atoms with Gasteiger partial charge in [-0.25, -0.2) is 14.8 Å². The molecule has 2 fully saturated rings. The van der Waals surface area contributed by atoms with Crippen molar-refractivity contribution in [1.29, 1.82) is 0 Å². The number of nitrogens with zero attached hydrogens (tertiary/aromatic N) is 3. The Morgan fingerprint density at radius 1 is 0.925 bits per heavy atom. The first-order valence-corrected chi connectivity index (χ1v) is 14.7. The summed E-state index contributed by atoms with van der Waals surface area (Å²) in [6.45, 7) is 1.78. The highest BCUT2D eigenvalue weighted by atomic mass is 16.4. The van der Waals surface area contributed by atoms with Crippen LogP contribution < -0.4 is 10.2 Å². The average molecular weight is 541 g/mol. The normalized spacial score (nSPS) is 17.4. The molecule has 40 heavy (non-hydrogen) atoms. The topological polar surface area (TPSA) is 95.4 Å². The fourth-order valence-electron chi connectivity index (χ4n) is 6.32. The van der Waals surface area contributed by atoms with Crippen molar-refractivity contribution in [3.8, 4) is 0 Å². The minimum Gasteiger partial charge on any atom is -0.478 e. The van der Waals surface area contributed by atoms with Crippen LogP contribution in [0, 0.1) is 11.3 Å². The van der Waals surface area contributed by atoms with Crippen LogP contribution in [0.2, 0.25) is 0 Å². The van der Waals surface area contributed by atoms with E-state index >= 15 is 0 Å². The molecule has 0 spiro atoms. The Morgan fingerprint density at radius 3 is 2.23 bits per heavy atom. The van der Waals surface area contributed by atoms with E-state index in [0.717, 1.165) is 17.5 Å². The van der Waals surface area contributed by atoms with Gasteiger partial charge in [-0.05, 0) is 49.1 Å². The van der Waals surface area contributed by atoms with Gasteiger partial charge in [-0.3, -0.25) is 4.79 Å². The number of aryl methyl sites for hydroxylation is 1. The van der Waals surface area contributed by atoms with Crippen LogP contribution in [-0.2, 0) is 24.2 Å². The second-order valence-electron chi connectivity index (χ2n) is 11.5. The third-order valence-electron chi connectivity index (χ3n) is 8.77. The summed E-state index contributed by atoms with van der Waals surface area (Å²) in [5.74, 6) is 0.328. The summed E-state index contributed by atoms with van der Waals surface area (Å²) in [5.41, 5.74) is 2.53. The van der Waals surface area contributed by atoms with E-state index < -0.39 is 11.4 Å². The molecule has 5 rings (SSSR count). The van der Waals surface area contributed by atoms with Crippen molar-refractivity contribution in [2.24, 2.45) is 11.3 Å². The Hall–Kier alpha value is -3.74. The van der Waals surface area contributed by atoms with Gasteiger partial charge in [0, 0.05) is 25.8 Å². The lowest BCUT2D eigenvalue weighted by molar-refractivity contribution is -0.132. The van der Waals surface area contributed by atoms with Gasteiger partial charge in [0.2, 0.25) is 11.9 Å². The second-order valence-corrected chi connectivity index (χ2v) is 11.5. The first-order valence-electron chi connectivity index (χ1n) is 14.7. The largest absolute Gasteiger partial charge is 0.478 e. The standard InChI is InChI=1S/C33H40N4O3/c38-30(39)28-24-35-32(36-29(28)17-16-25-10-4-1-5-11-25)37-20-18-33(19-21-37,22-26-12-6-2-7-13-26)31(40)34-23-27-14-8-3-9-15-27/h2-3,6-9,12-15,24-25H,1,4-5,10-11,16-23H2,(H,34,40)(H,38,39). The van der Waals surface area contributed by atoms with Crippen LogP contribution in [-0.4, -0.2) is 40.0 Å². The molecule has 210 valence electrons. The maximum Gasteiger partial charge on any atom is 0.339 e. The fraction of sp³-hybridized carbons (Fsp3) is 0.455. The molecular formula is C33H40N4O3. The van der Waals surface area contributed by atoms with Crippen molar-refractivity contribution in [2.75, 3.05) is 18.0 Å². The molecule has 3 aromatic rings. The molecule has 0 radical (unpaired) electrons. The van der Waals surface area contributed by atoms with E-state index in [2.05, 4.69) is 27.3 Å². The molecule has 2 aromatic carbocycles. The zero-order valence-corrected chi connectivity index (χ0v) is 23.2. The van der Waals surface area contributed by atoms with Gasteiger partial charge >= 0.3 is 5.97 Å². The maximum absolute atomic E-state index is 13.7. The molecule has 1 saturated carbocycles. The summed E-state index contributed by atoms with van der Waals surface area (Å²) >= 11 is 0. The quantitative estimate of drug-likeness (QED) is 0.336. The summed E-state index contributed by atoms with van der Waals surface area (Å²) < 4.78 is 0. The van der Waals surface area contributed by atoms with Gasteiger partial charge in [-0.2, -0.15) is 0 Å². The van der Waals surface area contributed by atoms with Gasteiger partial charge in [0.05, 0.1) is 16.7 Å². The van der Waals surface area contributed by atoms with E-state index in [4.69, 9.17) is 4.98 Å². The molecular weight excluding hydrogens is 500 g/mol. The lowest BCUT2D eigenvalue weighted by atomic mass is 9.73. The number of amides is 1. The number of carboxylic acids is 1. The Labute approximate surface area is 237 Å². The monoisotopic (exact) mass is 540 g/mol. The molecule has 2 N–H and O–H groups in total. The first-order chi connectivity index (χ1) is 19.5. The molecule has 1 aromatic heterocycles. The van der Waals surface area contributed by atoms with Crippen LogP contribution in [0.15, 0.2) is 66.9 Å². The van der Waals surface area contributed by atoms with Gasteiger partial charge in [-0.1, -0.05) is 92.8 Å². The van der Waals surface area contributed by atoms with Crippen molar-refractivity contribution in [1.82, 2.24) is 15.3 Å². The van der Waals surface area contributed by atoms with Gasteiger partial charge in [0.25, 0.3) is 0 Å². The van der Waals surface area contributed by atoms with Crippen LogP contribution >= 0.6 is 0 Å². The minimum absolute atomic E-state index is 0.0789. The number of aromatic nitrogens is 2. The molecule has 1 aliphatic carbocycles. The van der Waals surface area contributed by atoms with E-state index in [1.807, 2.05) is 48.5 Å². The number of piperidine rings is 1. The zero-order valence-electron chi connectivity index (χ0n) is 23.2. The predicted octanol–water partition coefficient (Wildman–Crippen LogP) is 5.83. The molecule has 0 bridgehead atoms. The highest BCUT2D eigenvalue weighted by Gasteiger charge is 2.42. The SMILES string of the molecule is O=C(O)c1cnc(N2CCC(Cc3ccccc3)(C(=O)NCc3ccccc3)CC2)nc1CCC1CCCCC1. The molecule has 0 unspecified atom stereocenters. The number of carbonyl (C=O) groups is 2. The predicted molar refractivity (Wildman–Crippen MR) is 156 cm³/mol. The molecule has 2 aliphatic rings. The fourth-order valence-corrected chi connectivity index (χ4v) is 6.32. The highest BCUT2D eigenvalue weighted by molar-refractivity contribution is 5.88. The van der Waals surface area contributed by atoms with E-state index in [1.54, 1.807) is 0 Å². The van der Waals surface area contributed by atoms with Gasteiger partial charge in [-0.15, -0.1) is 0 Å². The van der Waals surface area contributed by atoms with Crippen molar-refractivity contribution in [2.45, 2.75) is 70.8 Å². The average Bonchev–Trinajstić information content (AvgIpc) is 3.00. The summed E-state index contributed by atoms with van der Waals surface area (Å²) in [5, 5.41) is 13.0. The number of nitrogens with one attached hydrogen (secondary N) is 1. The minimum atomic E-state index is -0.971. The number of hydrogen-bond donors (Lipinski definition) is 2. The highest BCUT2D eigenvalue weighted by Crippen LogP contribution is 2.37. The van der Waals surface area contributed by atoms with Crippen molar-refractivity contribution in [3.05, 3.63) is 89.2 Å². The Bertz CT molecular complexity index is 1270. The summed E-state index contributed by atoms with van der Waals surface area (Å²) in [4.78, 5) is 37.0. The molecule has 1 aliphatic heterocycles. The lowest BCUT2D eigenvalue weighted by Gasteiger charge is -2.41. The third kappa shape index (κ3) is 6.87. The van der Waals surface area contributed by atoms with Crippen LogP contribution in [0.1, 0.15) is 78.5 Å². The van der Waals surface area contributed by atoms with E-state index in [-0.39, 0.29) is 11.5 Å². The molecule has 1 amide bonds. The van der Waals surface area contributed by atoms with Crippen molar-refractivity contribution in [3.63, 3.8) is 0 Å². The summed E-state index contributed by atoms with van der Waals surface area (Å²) in [6, 6.07) is 20.2. The van der Waals surface area contributed by atoms with E-state index in [1.165, 1.54) is 38.3 Å². The maximum atomic E-state index is 13.7. The van der Waals surface area contributed by atoms with Crippen LogP contribution in [0.4, 0.5) is 5.95 Å². The van der Waals surface area contributed by atoms with Crippen molar-refractivity contribution >= 4 is 17.8 Å². The number of rotatable bonds is 10. The number of carbonyl (C=O) groups excluding carboxylic acids is 1. The third-order valence-corrected chi connectivity index (χ3v) is 8.77. The lowest BCUT2D eigenvalue weighted by Crippen LogP contribution is -2.50. The number of anilines is 1. The first kappa shape index (κ1) is 27.8. The van der Waals surface area contributed by atoms with Crippen LogP contribution in [0.3, 0.4) is 0 Å². The number of carboxylic acid groups (broad SMARTS) is 1. The van der Waals surface area contributed by atoms with Crippen LogP contribution in [0.25, 0.3) is 0 Å². The zero-order chi connectivity index (χ0) is 27.8. The van der Waals surface area contributed by atoms with E-state index in [0.29, 0.717) is 62.9 Å². The number of benzene rings is 2. The molecule has 0 atom stereocenters. The Morgan fingerprint density at radius 2 is 1.57 bits per heavy atom. The smallest absolute Gasteiger partial charge is 0.339 e. The van der Waals surface area contributed by atoms with Crippen LogP contribution in [0.5, 0.6) is 0 Å². The Kier molecular flexibility index (Phi) is 9.09. The van der Waals surface area contributed by atoms with Gasteiger partial charge < -0.3 is 15.3 Å². The van der Waals surface area contributed by atoms with Gasteiger partial charge in [0.15, 0.2) is 0 Å². The van der Waals surface area contributed by atoms with Gasteiger partial charge in [0.1, 0.15) is 0 Å².